The summed E-state index contributed by atoms with van der Waals surface area (Å²) in [7, 11) is 3.53. The molecule has 0 saturated carbocycles. The summed E-state index contributed by atoms with van der Waals surface area (Å²) < 4.78 is 7.67. The molecule has 4 rings (SSSR count). The van der Waals surface area contributed by atoms with Gasteiger partial charge >= 0.3 is 6.03 Å². The molecule has 2 aliphatic rings. The van der Waals surface area contributed by atoms with E-state index in [1.54, 1.807) is 19.0 Å². The summed E-state index contributed by atoms with van der Waals surface area (Å²) in [6.07, 6.45) is 1.54. The van der Waals surface area contributed by atoms with Crippen molar-refractivity contribution in [3.63, 3.8) is 0 Å². The molecule has 0 spiro atoms. The number of para-hydroxylation sites is 1. The first-order chi connectivity index (χ1) is 14.0. The molecule has 0 bridgehead atoms. The zero-order valence-corrected chi connectivity index (χ0v) is 16.9. The van der Waals surface area contributed by atoms with Crippen LogP contribution in [0.1, 0.15) is 23.4 Å². The van der Waals surface area contributed by atoms with Gasteiger partial charge in [0.15, 0.2) is 0 Å². The molecule has 3 heterocycles. The summed E-state index contributed by atoms with van der Waals surface area (Å²) in [4.78, 5) is 28.3. The predicted octanol–water partition coefficient (Wildman–Crippen LogP) is 1.64. The molecule has 8 nitrogen and oxygen atoms in total. The summed E-state index contributed by atoms with van der Waals surface area (Å²) in [5.74, 6) is 0.650. The quantitative estimate of drug-likeness (QED) is 0.854. The molecule has 0 radical (unpaired) electrons. The van der Waals surface area contributed by atoms with E-state index in [2.05, 4.69) is 10.4 Å². The minimum Gasteiger partial charge on any atom is -0.492 e. The molecule has 1 N–H and O–H groups in total. The number of aromatic nitrogens is 2. The Kier molecular flexibility index (Phi) is 5.42. The highest BCUT2D eigenvalue weighted by molar-refractivity contribution is 5.79. The predicted molar refractivity (Wildman–Crippen MR) is 107 cm³/mol. The first-order valence-corrected chi connectivity index (χ1v) is 10.0. The van der Waals surface area contributed by atoms with Gasteiger partial charge in [-0.25, -0.2) is 4.79 Å². The van der Waals surface area contributed by atoms with Crippen molar-refractivity contribution in [1.29, 1.82) is 0 Å². The van der Waals surface area contributed by atoms with Crippen LogP contribution >= 0.6 is 0 Å². The summed E-state index contributed by atoms with van der Waals surface area (Å²) in [6, 6.07) is 9.83. The smallest absolute Gasteiger partial charge is 0.319 e. The van der Waals surface area contributed by atoms with Crippen molar-refractivity contribution in [2.45, 2.75) is 32.5 Å². The second-order valence-electron chi connectivity index (χ2n) is 7.84. The largest absolute Gasteiger partial charge is 0.492 e. The number of carbonyl (C=O) groups is 2. The van der Waals surface area contributed by atoms with E-state index in [-0.39, 0.29) is 17.9 Å². The number of ether oxygens (including phenoxy) is 1. The molecule has 1 aromatic carbocycles. The Morgan fingerprint density at radius 2 is 2.10 bits per heavy atom. The van der Waals surface area contributed by atoms with Crippen molar-refractivity contribution in [1.82, 2.24) is 24.9 Å². The Morgan fingerprint density at radius 1 is 1.28 bits per heavy atom. The molecule has 0 fully saturated rings. The molecular formula is C21H27N5O3. The van der Waals surface area contributed by atoms with E-state index in [4.69, 9.17) is 4.74 Å². The Morgan fingerprint density at radius 3 is 2.93 bits per heavy atom. The standard InChI is InChI=1S/C21H27N5O3/c1-24(2)21(28)25-8-5-9-26-18(13-25)11-17(23-26)12-22-20(27)16-10-15-6-3-4-7-19(15)29-14-16/h3-4,6-7,11,16H,5,8-10,12-14H2,1-2H3,(H,22,27)/t16-/m1/s1. The minimum atomic E-state index is -0.196. The van der Waals surface area contributed by atoms with Crippen LogP contribution in [0.15, 0.2) is 30.3 Å². The van der Waals surface area contributed by atoms with Gasteiger partial charge in [-0.15, -0.1) is 0 Å². The minimum absolute atomic E-state index is 0.00656. The number of aryl methyl sites for hydroxylation is 1. The highest BCUT2D eigenvalue weighted by Gasteiger charge is 2.26. The van der Waals surface area contributed by atoms with Crippen LogP contribution in [0.4, 0.5) is 4.79 Å². The summed E-state index contributed by atoms with van der Waals surface area (Å²) >= 11 is 0. The number of benzene rings is 1. The van der Waals surface area contributed by atoms with Crippen molar-refractivity contribution in [2.24, 2.45) is 5.92 Å². The fourth-order valence-corrected chi connectivity index (χ4v) is 3.87. The average molecular weight is 397 g/mol. The summed E-state index contributed by atoms with van der Waals surface area (Å²) in [5, 5.41) is 7.61. The molecule has 0 saturated heterocycles. The first-order valence-electron chi connectivity index (χ1n) is 10.0. The molecule has 0 unspecified atom stereocenters. The van der Waals surface area contributed by atoms with Gasteiger partial charge in [0.1, 0.15) is 12.4 Å². The van der Waals surface area contributed by atoms with Gasteiger partial charge in [0.05, 0.1) is 30.4 Å². The Balaban J connectivity index is 1.36. The number of urea groups is 1. The van der Waals surface area contributed by atoms with Crippen LogP contribution in [0.2, 0.25) is 0 Å². The molecule has 1 aromatic heterocycles. The van der Waals surface area contributed by atoms with Crippen molar-refractivity contribution < 1.29 is 14.3 Å². The van der Waals surface area contributed by atoms with Crippen LogP contribution in [0, 0.1) is 5.92 Å². The summed E-state index contributed by atoms with van der Waals surface area (Å²) in [6.45, 7) is 2.79. The number of hydrogen-bond donors (Lipinski definition) is 1. The normalized spacial score (nSPS) is 18.1. The molecule has 2 aliphatic heterocycles. The zero-order valence-electron chi connectivity index (χ0n) is 16.9. The van der Waals surface area contributed by atoms with Crippen molar-refractivity contribution >= 4 is 11.9 Å². The fourth-order valence-electron chi connectivity index (χ4n) is 3.87. The van der Waals surface area contributed by atoms with Gasteiger partial charge in [-0.3, -0.25) is 9.48 Å². The van der Waals surface area contributed by atoms with E-state index >= 15 is 0 Å². The van der Waals surface area contributed by atoms with E-state index in [0.717, 1.165) is 42.2 Å². The fraction of sp³-hybridized carbons (Fsp3) is 0.476. The second-order valence-corrected chi connectivity index (χ2v) is 7.84. The van der Waals surface area contributed by atoms with Gasteiger partial charge in [0.2, 0.25) is 5.91 Å². The van der Waals surface area contributed by atoms with E-state index < -0.39 is 0 Å². The SMILES string of the molecule is CN(C)C(=O)N1CCCn2nc(CNC(=O)[C@H]3COc4ccccc4C3)cc2C1. The monoisotopic (exact) mass is 397 g/mol. The van der Waals surface area contributed by atoms with Crippen molar-refractivity contribution in [2.75, 3.05) is 27.2 Å². The molecule has 3 amide bonds. The lowest BCUT2D eigenvalue weighted by Crippen LogP contribution is -2.38. The van der Waals surface area contributed by atoms with E-state index in [9.17, 15) is 9.59 Å². The first kappa shape index (κ1) is 19.3. The lowest BCUT2D eigenvalue weighted by atomic mass is 9.96. The molecular weight excluding hydrogens is 370 g/mol. The van der Waals surface area contributed by atoms with Crippen molar-refractivity contribution in [3.05, 3.63) is 47.3 Å². The number of nitrogens with one attached hydrogen (secondary N) is 1. The molecule has 8 heteroatoms. The third-order valence-electron chi connectivity index (χ3n) is 5.41. The summed E-state index contributed by atoms with van der Waals surface area (Å²) in [5.41, 5.74) is 2.87. The molecule has 0 aliphatic carbocycles. The van der Waals surface area contributed by atoms with Gasteiger partial charge in [-0.05, 0) is 30.5 Å². The third kappa shape index (κ3) is 4.21. The maximum absolute atomic E-state index is 12.6. The Labute approximate surface area is 170 Å². The molecule has 154 valence electrons. The van der Waals surface area contributed by atoms with Gasteiger partial charge in [0.25, 0.3) is 0 Å². The zero-order chi connectivity index (χ0) is 20.4. The van der Waals surface area contributed by atoms with E-state index in [0.29, 0.717) is 26.1 Å². The maximum Gasteiger partial charge on any atom is 0.319 e. The van der Waals surface area contributed by atoms with Crippen LogP contribution in [-0.2, 0) is 30.8 Å². The highest BCUT2D eigenvalue weighted by atomic mass is 16.5. The second kappa shape index (κ2) is 8.14. The number of carbonyl (C=O) groups excluding carboxylic acids is 2. The number of amides is 3. The Hall–Kier alpha value is -3.03. The van der Waals surface area contributed by atoms with Gasteiger partial charge < -0.3 is 19.9 Å². The van der Waals surface area contributed by atoms with Crippen LogP contribution in [0.3, 0.4) is 0 Å². The number of hydrogen-bond acceptors (Lipinski definition) is 4. The number of rotatable bonds is 3. The molecule has 29 heavy (non-hydrogen) atoms. The lowest BCUT2D eigenvalue weighted by molar-refractivity contribution is -0.126. The average Bonchev–Trinajstić information content (AvgIpc) is 3.01. The molecule has 2 aromatic rings. The number of nitrogens with zero attached hydrogens (tertiary/aromatic N) is 4. The van der Waals surface area contributed by atoms with E-state index in [1.165, 1.54) is 0 Å². The van der Waals surface area contributed by atoms with Crippen molar-refractivity contribution in [3.8, 4) is 5.75 Å². The van der Waals surface area contributed by atoms with Gasteiger partial charge in [-0.2, -0.15) is 5.10 Å². The van der Waals surface area contributed by atoms with Crippen LogP contribution in [0.25, 0.3) is 0 Å². The van der Waals surface area contributed by atoms with Crippen LogP contribution in [0.5, 0.6) is 5.75 Å². The van der Waals surface area contributed by atoms with Gasteiger partial charge in [-0.1, -0.05) is 18.2 Å². The maximum atomic E-state index is 12.6. The van der Waals surface area contributed by atoms with Gasteiger partial charge in [0, 0.05) is 27.2 Å². The topological polar surface area (TPSA) is 79.7 Å². The van der Waals surface area contributed by atoms with Crippen LogP contribution < -0.4 is 10.1 Å². The highest BCUT2D eigenvalue weighted by Crippen LogP contribution is 2.26. The third-order valence-corrected chi connectivity index (χ3v) is 5.41. The van der Waals surface area contributed by atoms with Crippen LogP contribution in [-0.4, -0.2) is 58.8 Å². The lowest BCUT2D eigenvalue weighted by Gasteiger charge is -2.24. The number of fused-ring (bicyclic) bond motifs is 2. The van der Waals surface area contributed by atoms with E-state index in [1.807, 2.05) is 39.9 Å². The molecule has 1 atom stereocenters. The Bertz CT molecular complexity index is 907.